The summed E-state index contributed by atoms with van der Waals surface area (Å²) >= 11 is 1.78. The fourth-order valence-electron chi connectivity index (χ4n) is 5.46. The van der Waals surface area contributed by atoms with Crippen molar-refractivity contribution in [1.29, 1.82) is 0 Å². The predicted molar refractivity (Wildman–Crippen MR) is 156 cm³/mol. The van der Waals surface area contributed by atoms with Crippen molar-refractivity contribution in [3.8, 4) is 0 Å². The van der Waals surface area contributed by atoms with Gasteiger partial charge >= 0.3 is 0 Å². The molecule has 3 aromatic rings. The quantitative estimate of drug-likeness (QED) is 0.311. The van der Waals surface area contributed by atoms with Gasteiger partial charge in [0.25, 0.3) is 5.91 Å². The number of aryl methyl sites for hydroxylation is 1. The molecule has 2 heterocycles. The minimum Gasteiger partial charge on any atom is -0.330 e. The molecule has 0 unspecified atom stereocenters. The van der Waals surface area contributed by atoms with Gasteiger partial charge in [0.2, 0.25) is 5.91 Å². The van der Waals surface area contributed by atoms with Crippen molar-refractivity contribution in [2.45, 2.75) is 83.7 Å². The molecule has 0 bridgehead atoms. The van der Waals surface area contributed by atoms with E-state index in [-0.39, 0.29) is 35.9 Å². The lowest BCUT2D eigenvalue weighted by Crippen LogP contribution is -2.47. The first-order valence-corrected chi connectivity index (χ1v) is 15.0. The summed E-state index contributed by atoms with van der Waals surface area (Å²) in [5, 5.41) is 2.14. The van der Waals surface area contributed by atoms with Gasteiger partial charge in [-0.2, -0.15) is 0 Å². The summed E-state index contributed by atoms with van der Waals surface area (Å²) < 4.78 is 0. The number of amides is 2. The van der Waals surface area contributed by atoms with Crippen LogP contribution in [0.2, 0.25) is 0 Å². The summed E-state index contributed by atoms with van der Waals surface area (Å²) in [6, 6.07) is 19.0. The number of hydrogen-bond donors (Lipinski definition) is 0. The Morgan fingerprint density at radius 3 is 2.34 bits per heavy atom. The van der Waals surface area contributed by atoms with Crippen LogP contribution in [0.25, 0.3) is 0 Å². The Kier molecular flexibility index (Phi) is 7.76. The third kappa shape index (κ3) is 5.73. The molecule has 1 atom stereocenters. The monoisotopic (exact) mass is 528 g/mol. The number of rotatable bonds is 8. The largest absolute Gasteiger partial charge is 0.330 e. The molecule has 1 aromatic heterocycles. The van der Waals surface area contributed by atoms with Crippen molar-refractivity contribution in [2.75, 3.05) is 13.1 Å². The van der Waals surface area contributed by atoms with Gasteiger partial charge in [0.1, 0.15) is 6.54 Å². The normalized spacial score (nSPS) is 17.3. The van der Waals surface area contributed by atoms with Crippen LogP contribution in [0, 0.1) is 0 Å². The fourth-order valence-corrected chi connectivity index (χ4v) is 6.36. The molecule has 0 saturated heterocycles. The van der Waals surface area contributed by atoms with Gasteiger partial charge < -0.3 is 9.80 Å². The fraction of sp³-hybridized carbons (Fsp3) is 0.455. The summed E-state index contributed by atoms with van der Waals surface area (Å²) in [7, 11) is 0. The highest BCUT2D eigenvalue weighted by Crippen LogP contribution is 2.39. The van der Waals surface area contributed by atoms with E-state index in [4.69, 9.17) is 0 Å². The second-order valence-corrected chi connectivity index (χ2v) is 12.9. The number of carbonyl (C=O) groups excluding carboxylic acids is 2. The Hall–Kier alpha value is -2.92. The average Bonchev–Trinajstić information content (AvgIpc) is 3.65. The molecule has 5 rings (SSSR count). The number of hydrogen-bond acceptors (Lipinski definition) is 3. The second-order valence-electron chi connectivity index (χ2n) is 11.9. The van der Waals surface area contributed by atoms with Crippen molar-refractivity contribution in [2.24, 2.45) is 0 Å². The molecule has 2 aliphatic rings. The van der Waals surface area contributed by atoms with Crippen LogP contribution in [-0.4, -0.2) is 40.7 Å². The zero-order chi connectivity index (χ0) is 26.9. The van der Waals surface area contributed by atoms with E-state index < -0.39 is 0 Å². The summed E-state index contributed by atoms with van der Waals surface area (Å²) in [6.45, 7) is 9.66. The topological polar surface area (TPSA) is 40.6 Å². The smallest absolute Gasteiger partial charge is 0.254 e. The third-order valence-electron chi connectivity index (χ3n) is 7.95. The van der Waals surface area contributed by atoms with E-state index in [0.29, 0.717) is 12.1 Å². The second kappa shape index (κ2) is 11.1. The molecular weight excluding hydrogens is 488 g/mol. The molecule has 0 radical (unpaired) electrons. The maximum absolute atomic E-state index is 13.9. The zero-order valence-corrected chi connectivity index (χ0v) is 24.0. The van der Waals surface area contributed by atoms with Crippen molar-refractivity contribution in [3.05, 3.63) is 92.7 Å². The molecule has 4 nitrogen and oxygen atoms in total. The molecule has 5 heteroatoms. The predicted octanol–water partition coefficient (Wildman–Crippen LogP) is 7.17. The molecule has 38 heavy (non-hydrogen) atoms. The lowest BCUT2D eigenvalue weighted by atomic mass is 9.85. The molecular formula is C33H40N2O2S. The van der Waals surface area contributed by atoms with Gasteiger partial charge in [-0.05, 0) is 83.4 Å². The molecule has 200 valence electrons. The Labute approximate surface area is 231 Å². The van der Waals surface area contributed by atoms with Gasteiger partial charge in [0.15, 0.2) is 0 Å². The minimum atomic E-state index is -0.111. The van der Waals surface area contributed by atoms with E-state index in [0.717, 1.165) is 44.1 Å². The molecule has 1 aliphatic carbocycles. The van der Waals surface area contributed by atoms with Crippen molar-refractivity contribution in [3.63, 3.8) is 0 Å². The van der Waals surface area contributed by atoms with Crippen LogP contribution in [0.5, 0.6) is 0 Å². The maximum atomic E-state index is 13.9. The van der Waals surface area contributed by atoms with Gasteiger partial charge in [-0.3, -0.25) is 9.59 Å². The summed E-state index contributed by atoms with van der Waals surface area (Å²) in [5.41, 5.74) is 5.66. The summed E-state index contributed by atoms with van der Waals surface area (Å²) in [6.07, 6.45) is 6.15. The number of fused-ring (bicyclic) bond motifs is 1. The van der Waals surface area contributed by atoms with Gasteiger partial charge in [0.05, 0.1) is 6.04 Å². The highest BCUT2D eigenvalue weighted by atomic mass is 32.1. The van der Waals surface area contributed by atoms with Gasteiger partial charge in [-0.25, -0.2) is 0 Å². The maximum Gasteiger partial charge on any atom is 0.254 e. The van der Waals surface area contributed by atoms with Crippen LogP contribution < -0.4 is 0 Å². The van der Waals surface area contributed by atoms with Crippen LogP contribution in [-0.2, 0) is 23.1 Å². The Morgan fingerprint density at radius 2 is 1.71 bits per heavy atom. The molecule has 1 saturated carbocycles. The van der Waals surface area contributed by atoms with Crippen LogP contribution in [0.4, 0.5) is 0 Å². The lowest BCUT2D eigenvalue weighted by Gasteiger charge is -2.38. The molecule has 0 N–H and O–H groups in total. The van der Waals surface area contributed by atoms with Crippen molar-refractivity contribution in [1.82, 2.24) is 9.80 Å². The minimum absolute atomic E-state index is 0.0257. The van der Waals surface area contributed by atoms with E-state index in [2.05, 4.69) is 75.5 Å². The lowest BCUT2D eigenvalue weighted by molar-refractivity contribution is -0.134. The van der Waals surface area contributed by atoms with Gasteiger partial charge in [0, 0.05) is 23.0 Å². The number of benzene rings is 2. The summed E-state index contributed by atoms with van der Waals surface area (Å²) in [4.78, 5) is 32.7. The molecule has 1 fully saturated rings. The van der Waals surface area contributed by atoms with Crippen LogP contribution in [0.1, 0.15) is 96.9 Å². The van der Waals surface area contributed by atoms with E-state index in [1.54, 1.807) is 11.3 Å². The van der Waals surface area contributed by atoms with E-state index in [1.807, 2.05) is 21.9 Å². The number of carbonyl (C=O) groups is 2. The third-order valence-corrected chi connectivity index (χ3v) is 8.95. The van der Waals surface area contributed by atoms with Crippen LogP contribution >= 0.6 is 11.3 Å². The summed E-state index contributed by atoms with van der Waals surface area (Å²) in [5.74, 6) is 0.00812. The zero-order valence-electron chi connectivity index (χ0n) is 23.2. The van der Waals surface area contributed by atoms with Gasteiger partial charge in [-0.1, -0.05) is 70.5 Å². The Bertz CT molecular complexity index is 1270. The first-order valence-electron chi connectivity index (χ1n) is 14.1. The standard InChI is InChI=1S/C33H40N2O2S/c1-5-6-7-23-8-10-25(11-9-23)32(37)35(27-16-17-27)22-30(36)34-20-18-29-28(19-21-38-29)31(34)24-12-14-26(15-13-24)33(2,3)4/h8-15,19,21,27,31H,5-7,16-18,20,22H2,1-4H3/t31-/m0/s1. The van der Waals surface area contributed by atoms with E-state index in [1.165, 1.54) is 21.6 Å². The number of unbranched alkanes of at least 4 members (excludes halogenated alkanes) is 1. The van der Waals surface area contributed by atoms with Crippen LogP contribution in [0.3, 0.4) is 0 Å². The number of thiophene rings is 1. The Morgan fingerprint density at radius 1 is 1.00 bits per heavy atom. The molecule has 1 aliphatic heterocycles. The van der Waals surface area contributed by atoms with Crippen molar-refractivity contribution < 1.29 is 9.59 Å². The SMILES string of the molecule is CCCCc1ccc(C(=O)N(CC(=O)N2CCc3sccc3[C@@H]2c2ccc(C(C)(C)C)cc2)C2CC2)cc1. The van der Waals surface area contributed by atoms with E-state index in [9.17, 15) is 9.59 Å². The average molecular weight is 529 g/mol. The highest BCUT2D eigenvalue weighted by molar-refractivity contribution is 7.10. The Balaban J connectivity index is 1.37. The molecule has 0 spiro atoms. The number of nitrogens with zero attached hydrogens (tertiary/aromatic N) is 2. The first-order chi connectivity index (χ1) is 18.3. The van der Waals surface area contributed by atoms with Crippen molar-refractivity contribution >= 4 is 23.2 Å². The highest BCUT2D eigenvalue weighted by Gasteiger charge is 2.38. The molecule has 2 aromatic carbocycles. The van der Waals surface area contributed by atoms with E-state index >= 15 is 0 Å². The molecule has 2 amide bonds. The van der Waals surface area contributed by atoms with Crippen LogP contribution in [0.15, 0.2) is 60.0 Å². The first kappa shape index (κ1) is 26.7. The van der Waals surface area contributed by atoms with Gasteiger partial charge in [-0.15, -0.1) is 11.3 Å².